The van der Waals surface area contributed by atoms with E-state index in [1.165, 1.54) is 30.1 Å². The van der Waals surface area contributed by atoms with Crippen molar-refractivity contribution in [1.29, 1.82) is 0 Å². The van der Waals surface area contributed by atoms with E-state index >= 15 is 0 Å². The first-order valence-corrected chi connectivity index (χ1v) is 10.5. The monoisotopic (exact) mass is 422 g/mol. The average Bonchev–Trinajstić information content (AvgIpc) is 3.09. The SMILES string of the molecule is Fc1cc(CC2(Cc3ccnc(F)c3)CN(N3CCOCC3)c3ccccc32)ccn1. The number of hydrazine groups is 1. The minimum Gasteiger partial charge on any atom is -0.379 e. The van der Waals surface area contributed by atoms with Crippen LogP contribution in [0.1, 0.15) is 16.7 Å². The number of fused-ring (bicyclic) bond motifs is 1. The number of hydrogen-bond acceptors (Lipinski definition) is 5. The van der Waals surface area contributed by atoms with Gasteiger partial charge in [0.15, 0.2) is 0 Å². The van der Waals surface area contributed by atoms with Gasteiger partial charge in [0.1, 0.15) is 0 Å². The van der Waals surface area contributed by atoms with Gasteiger partial charge >= 0.3 is 0 Å². The lowest BCUT2D eigenvalue weighted by molar-refractivity contribution is 0.0309. The van der Waals surface area contributed by atoms with Crippen LogP contribution in [0.25, 0.3) is 0 Å². The molecule has 0 atom stereocenters. The first-order valence-electron chi connectivity index (χ1n) is 10.5. The highest BCUT2D eigenvalue weighted by molar-refractivity contribution is 5.63. The number of anilines is 1. The zero-order valence-corrected chi connectivity index (χ0v) is 17.2. The lowest BCUT2D eigenvalue weighted by atomic mass is 9.73. The van der Waals surface area contributed by atoms with E-state index in [2.05, 4.69) is 32.1 Å². The first kappa shape index (κ1) is 20.0. The highest BCUT2D eigenvalue weighted by atomic mass is 19.1. The second-order valence-electron chi connectivity index (χ2n) is 8.25. The predicted octanol–water partition coefficient (Wildman–Crippen LogP) is 3.55. The van der Waals surface area contributed by atoms with Crippen molar-refractivity contribution in [2.75, 3.05) is 37.9 Å². The van der Waals surface area contributed by atoms with Gasteiger partial charge in [-0.25, -0.2) is 15.0 Å². The van der Waals surface area contributed by atoms with Crippen LogP contribution in [0, 0.1) is 11.9 Å². The molecule has 0 saturated carbocycles. The molecule has 1 aromatic carbocycles. The molecule has 0 N–H and O–H groups in total. The maximum absolute atomic E-state index is 13.9. The summed E-state index contributed by atoms with van der Waals surface area (Å²) in [6.07, 6.45) is 4.25. The molecule has 0 amide bonds. The Morgan fingerprint density at radius 1 is 0.871 bits per heavy atom. The van der Waals surface area contributed by atoms with Gasteiger partial charge in [-0.05, 0) is 59.9 Å². The molecule has 2 aliphatic rings. The van der Waals surface area contributed by atoms with Crippen molar-refractivity contribution in [2.24, 2.45) is 0 Å². The lowest BCUT2D eigenvalue weighted by Gasteiger charge is -2.38. The maximum Gasteiger partial charge on any atom is 0.213 e. The molecule has 4 heterocycles. The van der Waals surface area contributed by atoms with E-state index in [-0.39, 0.29) is 5.41 Å². The van der Waals surface area contributed by atoms with Crippen LogP contribution in [0.2, 0.25) is 0 Å². The van der Waals surface area contributed by atoms with Crippen molar-refractivity contribution in [3.63, 3.8) is 0 Å². The first-order chi connectivity index (χ1) is 15.1. The van der Waals surface area contributed by atoms with Crippen LogP contribution >= 0.6 is 0 Å². The Kier molecular flexibility index (Phi) is 5.38. The smallest absolute Gasteiger partial charge is 0.213 e. The summed E-state index contributed by atoms with van der Waals surface area (Å²) in [6, 6.07) is 15.1. The van der Waals surface area contributed by atoms with E-state index < -0.39 is 11.9 Å². The Morgan fingerprint density at radius 2 is 1.48 bits per heavy atom. The highest BCUT2D eigenvalue weighted by Gasteiger charge is 2.44. The number of morpholine rings is 1. The van der Waals surface area contributed by atoms with E-state index in [1.54, 1.807) is 0 Å². The predicted molar refractivity (Wildman–Crippen MR) is 114 cm³/mol. The molecule has 7 heteroatoms. The van der Waals surface area contributed by atoms with Crippen LogP contribution < -0.4 is 5.01 Å². The fraction of sp³-hybridized carbons (Fsp3) is 0.333. The van der Waals surface area contributed by atoms with Crippen LogP contribution in [-0.4, -0.2) is 47.8 Å². The third kappa shape index (κ3) is 4.03. The zero-order chi connectivity index (χ0) is 21.3. The summed E-state index contributed by atoms with van der Waals surface area (Å²) in [6.45, 7) is 3.74. The fourth-order valence-electron chi connectivity index (χ4n) is 4.90. The number of ether oxygens (including phenoxy) is 1. The molecule has 5 nitrogen and oxygen atoms in total. The van der Waals surface area contributed by atoms with E-state index in [1.807, 2.05) is 24.3 Å². The zero-order valence-electron chi connectivity index (χ0n) is 17.2. The quantitative estimate of drug-likeness (QED) is 0.589. The van der Waals surface area contributed by atoms with E-state index in [0.29, 0.717) is 26.1 Å². The molecule has 0 unspecified atom stereocenters. The molecule has 31 heavy (non-hydrogen) atoms. The Hall–Kier alpha value is -2.90. The largest absolute Gasteiger partial charge is 0.379 e. The third-order valence-electron chi connectivity index (χ3n) is 6.20. The highest BCUT2D eigenvalue weighted by Crippen LogP contribution is 2.45. The lowest BCUT2D eigenvalue weighted by Crippen LogP contribution is -2.51. The number of aromatic nitrogens is 2. The van der Waals surface area contributed by atoms with Crippen LogP contribution in [0.3, 0.4) is 0 Å². The Morgan fingerprint density at radius 3 is 2.10 bits per heavy atom. The minimum absolute atomic E-state index is 0.351. The molecular formula is C24H24F2N4O. The van der Waals surface area contributed by atoms with Crippen molar-refractivity contribution < 1.29 is 13.5 Å². The number of benzene rings is 1. The van der Waals surface area contributed by atoms with Gasteiger partial charge in [-0.2, -0.15) is 8.78 Å². The maximum atomic E-state index is 13.9. The van der Waals surface area contributed by atoms with Crippen molar-refractivity contribution >= 4 is 5.69 Å². The second-order valence-corrected chi connectivity index (χ2v) is 8.25. The van der Waals surface area contributed by atoms with Gasteiger partial charge in [-0.1, -0.05) is 18.2 Å². The Balaban J connectivity index is 1.59. The van der Waals surface area contributed by atoms with Gasteiger partial charge in [0.2, 0.25) is 11.9 Å². The average molecular weight is 422 g/mol. The molecule has 3 aromatic rings. The molecule has 0 aliphatic carbocycles. The minimum atomic E-state index is -0.487. The number of nitrogens with zero attached hydrogens (tertiary/aromatic N) is 4. The molecule has 2 aromatic heterocycles. The molecule has 1 saturated heterocycles. The van der Waals surface area contributed by atoms with E-state index in [9.17, 15) is 8.78 Å². The van der Waals surface area contributed by atoms with Crippen LogP contribution in [0.5, 0.6) is 0 Å². The molecule has 160 valence electrons. The standard InChI is InChI=1S/C24H24F2N4O/c25-22-13-18(5-7-27-22)15-24(16-19-6-8-28-23(26)14-19)17-30(29-9-11-31-12-10-29)21-4-2-1-3-20(21)24/h1-8,13-14H,9-12,15-17H2. The van der Waals surface area contributed by atoms with Gasteiger partial charge in [0, 0.05) is 37.4 Å². The summed E-state index contributed by atoms with van der Waals surface area (Å²) in [5, 5.41) is 4.65. The van der Waals surface area contributed by atoms with Crippen molar-refractivity contribution in [2.45, 2.75) is 18.3 Å². The Labute approximate surface area is 180 Å². The molecule has 2 aliphatic heterocycles. The van der Waals surface area contributed by atoms with Crippen LogP contribution in [0.15, 0.2) is 60.9 Å². The second kappa shape index (κ2) is 8.32. The normalized spacial score (nSPS) is 18.2. The summed E-state index contributed by atoms with van der Waals surface area (Å²) in [4.78, 5) is 7.42. The number of hydrogen-bond donors (Lipinski definition) is 0. The number of pyridine rings is 2. The molecule has 0 bridgehead atoms. The van der Waals surface area contributed by atoms with Gasteiger partial charge in [0.05, 0.1) is 18.9 Å². The molecule has 0 spiro atoms. The molecule has 1 fully saturated rings. The summed E-state index contributed by atoms with van der Waals surface area (Å²) in [7, 11) is 0. The van der Waals surface area contributed by atoms with E-state index in [0.717, 1.165) is 36.4 Å². The van der Waals surface area contributed by atoms with Gasteiger partial charge < -0.3 is 9.75 Å². The topological polar surface area (TPSA) is 41.5 Å². The van der Waals surface area contributed by atoms with Gasteiger partial charge in [-0.3, -0.25) is 0 Å². The number of halogens is 2. The molecule has 0 radical (unpaired) electrons. The van der Waals surface area contributed by atoms with E-state index in [4.69, 9.17) is 4.74 Å². The molecular weight excluding hydrogens is 398 g/mol. The fourth-order valence-corrected chi connectivity index (χ4v) is 4.90. The summed E-state index contributed by atoms with van der Waals surface area (Å²) < 4.78 is 33.4. The van der Waals surface area contributed by atoms with Gasteiger partial charge in [-0.15, -0.1) is 0 Å². The summed E-state index contributed by atoms with van der Waals surface area (Å²) in [5.74, 6) is -0.974. The number of para-hydroxylation sites is 1. The van der Waals surface area contributed by atoms with Crippen molar-refractivity contribution in [3.05, 3.63) is 89.5 Å². The summed E-state index contributed by atoms with van der Waals surface area (Å²) in [5.41, 5.74) is 3.74. The van der Waals surface area contributed by atoms with Crippen LogP contribution in [-0.2, 0) is 23.0 Å². The van der Waals surface area contributed by atoms with Crippen molar-refractivity contribution in [1.82, 2.24) is 15.0 Å². The number of rotatable bonds is 5. The molecule has 5 rings (SSSR count). The van der Waals surface area contributed by atoms with Gasteiger partial charge in [0.25, 0.3) is 0 Å². The summed E-state index contributed by atoms with van der Waals surface area (Å²) >= 11 is 0. The van der Waals surface area contributed by atoms with Crippen LogP contribution in [0.4, 0.5) is 14.5 Å². The van der Waals surface area contributed by atoms with Crippen molar-refractivity contribution in [3.8, 4) is 0 Å². The Bertz CT molecular complexity index is 1020. The third-order valence-corrected chi connectivity index (χ3v) is 6.20.